The number of benzene rings is 9. The van der Waals surface area contributed by atoms with E-state index in [1.165, 1.54) is 86.6 Å². The van der Waals surface area contributed by atoms with Crippen LogP contribution in [0.15, 0.2) is 194 Å². The minimum absolute atomic E-state index is 0.658. The van der Waals surface area contributed by atoms with Crippen molar-refractivity contribution < 1.29 is 4.57 Å². The van der Waals surface area contributed by atoms with E-state index in [1.807, 2.05) is 35.6 Å². The van der Waals surface area contributed by atoms with Crippen molar-refractivity contribution in [1.29, 1.82) is 0 Å². The molecule has 0 amide bonds. The van der Waals surface area contributed by atoms with Crippen LogP contribution < -0.4 is 15.9 Å². The average Bonchev–Trinajstić information content (AvgIpc) is 4.01. The van der Waals surface area contributed by atoms with Gasteiger partial charge < -0.3 is 9.13 Å². The summed E-state index contributed by atoms with van der Waals surface area (Å²) in [5.74, 6) is 0. The average molecular weight is 786 g/mol. The van der Waals surface area contributed by atoms with Crippen LogP contribution in [-0.4, -0.2) is 4.57 Å². The lowest BCUT2D eigenvalue weighted by Crippen LogP contribution is -2.33. The Morgan fingerprint density at radius 3 is 2.03 bits per heavy atom. The van der Waals surface area contributed by atoms with Crippen molar-refractivity contribution in [2.75, 3.05) is 0 Å². The second-order valence-corrected chi connectivity index (χ2v) is 20.0. The molecule has 1 aliphatic carbocycles. The molecular weight excluding hydrogens is 754 g/mol. The van der Waals surface area contributed by atoms with Gasteiger partial charge in [-0.05, 0) is 92.0 Å². The molecule has 0 saturated heterocycles. The first-order valence-corrected chi connectivity index (χ1v) is 22.8. The molecule has 0 saturated carbocycles. The number of rotatable bonds is 2. The predicted molar refractivity (Wildman–Crippen MR) is 248 cm³/mol. The molecule has 0 radical (unpaired) electrons. The second kappa shape index (κ2) is 11.2. The first-order chi connectivity index (χ1) is 29.2. The molecule has 4 heterocycles. The van der Waals surface area contributed by atoms with Crippen LogP contribution in [0.2, 0.25) is 0 Å². The van der Waals surface area contributed by atoms with Crippen molar-refractivity contribution in [3.8, 4) is 39.1 Å². The van der Waals surface area contributed by atoms with Crippen molar-refractivity contribution in [3.63, 3.8) is 0 Å². The molecule has 1 spiro atoms. The Morgan fingerprint density at radius 1 is 0.441 bits per heavy atom. The number of thiophene rings is 1. The maximum absolute atomic E-state index is 16.2. The van der Waals surface area contributed by atoms with Crippen LogP contribution in [0.3, 0.4) is 0 Å². The van der Waals surface area contributed by atoms with Crippen molar-refractivity contribution in [1.82, 2.24) is 4.57 Å². The normalized spacial score (nSPS) is 18.0. The fourth-order valence-electron chi connectivity index (χ4n) is 11.4. The van der Waals surface area contributed by atoms with Gasteiger partial charge in [-0.25, -0.2) is 0 Å². The zero-order chi connectivity index (χ0) is 38.6. The van der Waals surface area contributed by atoms with Gasteiger partial charge >= 0.3 is 0 Å². The number of nitrogens with zero attached hydrogens (tertiary/aromatic N) is 1. The van der Waals surface area contributed by atoms with Crippen molar-refractivity contribution >= 4 is 76.4 Å². The van der Waals surface area contributed by atoms with Crippen LogP contribution in [0.4, 0.5) is 0 Å². The van der Waals surface area contributed by atoms with Gasteiger partial charge in [0.15, 0.2) is 7.14 Å². The molecule has 1 unspecified atom stereocenters. The molecule has 2 aromatic heterocycles. The molecule has 274 valence electrons. The van der Waals surface area contributed by atoms with Gasteiger partial charge in [0.2, 0.25) is 0 Å². The highest BCUT2D eigenvalue weighted by Gasteiger charge is 2.53. The number of hydrogen-bond donors (Lipinski definition) is 0. The standard InChI is InChI=1S/C55H32NOPS/c57-58(33-15-2-1-3-16-33)48-28-10-5-18-35(48)40-31-45-41(32-49(40)58)52-36(37-21-14-30-51-53(37)39-19-6-11-29-50(39)59-51)20-12-24-43(52)55(45)42-23-7-9-27-47(42)56-46-26-8-4-17-34(46)38-22-13-25-44(55)54(38)56/h1-32H/t55?,58-/m0/s1. The predicted octanol–water partition coefficient (Wildman–Crippen LogP) is 13.1. The van der Waals surface area contributed by atoms with E-state index < -0.39 is 12.6 Å². The summed E-state index contributed by atoms with van der Waals surface area (Å²) < 4.78 is 21.3. The largest absolute Gasteiger partial charge is 0.309 e. The maximum atomic E-state index is 16.2. The van der Waals surface area contributed by atoms with Gasteiger partial charge in [-0.2, -0.15) is 0 Å². The minimum Gasteiger partial charge on any atom is -0.309 e. The number of para-hydroxylation sites is 3. The SMILES string of the molecule is O=[P@@]1(c2ccccc2)c2ccccc2-c2cc3c(cc21)-c1c(-c2cccc4sc5ccccc5c24)cccc1C31c2ccccc2-n2c3ccccc3c3cccc1c32. The van der Waals surface area contributed by atoms with E-state index in [4.69, 9.17) is 0 Å². The number of hydrogen-bond acceptors (Lipinski definition) is 2. The van der Waals surface area contributed by atoms with Gasteiger partial charge in [0.1, 0.15) is 0 Å². The summed E-state index contributed by atoms with van der Waals surface area (Å²) >= 11 is 1.86. The monoisotopic (exact) mass is 785 g/mol. The van der Waals surface area contributed by atoms with Gasteiger partial charge in [-0.1, -0.05) is 158 Å². The highest BCUT2D eigenvalue weighted by molar-refractivity contribution is 7.86. The molecule has 9 aromatic carbocycles. The molecule has 59 heavy (non-hydrogen) atoms. The molecular formula is C55H32NOPS. The fourth-order valence-corrected chi connectivity index (χ4v) is 15.6. The van der Waals surface area contributed by atoms with Gasteiger partial charge in [0.05, 0.1) is 22.1 Å². The summed E-state index contributed by atoms with van der Waals surface area (Å²) in [4.78, 5) is 0. The Morgan fingerprint density at radius 2 is 1.10 bits per heavy atom. The summed E-state index contributed by atoms with van der Waals surface area (Å²) in [6, 6.07) is 70.8. The molecule has 2 atom stereocenters. The molecule has 0 fully saturated rings. The molecule has 3 aliphatic rings. The van der Waals surface area contributed by atoms with Crippen LogP contribution in [0.5, 0.6) is 0 Å². The molecule has 2 nitrogen and oxygen atoms in total. The van der Waals surface area contributed by atoms with Gasteiger partial charge in [-0.15, -0.1) is 11.3 Å². The van der Waals surface area contributed by atoms with E-state index >= 15 is 4.57 Å². The van der Waals surface area contributed by atoms with Crippen LogP contribution in [0.1, 0.15) is 22.3 Å². The third-order valence-electron chi connectivity index (χ3n) is 13.6. The maximum Gasteiger partial charge on any atom is 0.172 e. The van der Waals surface area contributed by atoms with Gasteiger partial charge in [-0.3, -0.25) is 0 Å². The third-order valence-corrected chi connectivity index (χ3v) is 17.9. The Balaban J connectivity index is 1.20. The van der Waals surface area contributed by atoms with Crippen molar-refractivity contribution in [3.05, 3.63) is 216 Å². The highest BCUT2D eigenvalue weighted by Crippen LogP contribution is 2.65. The fraction of sp³-hybridized carbons (Fsp3) is 0.0182. The second-order valence-electron chi connectivity index (χ2n) is 16.2. The third kappa shape index (κ3) is 3.78. The van der Waals surface area contributed by atoms with Crippen molar-refractivity contribution in [2.45, 2.75) is 5.41 Å². The number of aromatic nitrogens is 1. The summed E-state index contributed by atoms with van der Waals surface area (Å²) in [7, 11) is -3.23. The zero-order valence-electron chi connectivity index (χ0n) is 31.7. The molecule has 14 rings (SSSR count). The zero-order valence-corrected chi connectivity index (χ0v) is 33.4. The molecule has 0 bridgehead atoms. The highest BCUT2D eigenvalue weighted by atomic mass is 32.1. The lowest BCUT2D eigenvalue weighted by Gasteiger charge is -2.39. The van der Waals surface area contributed by atoms with Crippen LogP contribution in [0, 0.1) is 0 Å². The van der Waals surface area contributed by atoms with Crippen LogP contribution >= 0.6 is 18.5 Å². The first-order valence-electron chi connectivity index (χ1n) is 20.3. The summed E-state index contributed by atoms with van der Waals surface area (Å²) in [5, 5.41) is 7.81. The topological polar surface area (TPSA) is 22.0 Å². The van der Waals surface area contributed by atoms with Gasteiger partial charge in [0.25, 0.3) is 0 Å². The molecule has 0 N–H and O–H groups in total. The number of fused-ring (bicyclic) bond motifs is 18. The Bertz CT molecular complexity index is 3720. The van der Waals surface area contributed by atoms with E-state index in [2.05, 4.69) is 174 Å². The Kier molecular flexibility index (Phi) is 6.14. The minimum atomic E-state index is -3.23. The lowest BCUT2D eigenvalue weighted by atomic mass is 9.65. The van der Waals surface area contributed by atoms with E-state index in [0.29, 0.717) is 0 Å². The van der Waals surface area contributed by atoms with E-state index in [1.54, 1.807) is 0 Å². The molecule has 11 aromatic rings. The summed E-state index contributed by atoms with van der Waals surface area (Å²) in [6.07, 6.45) is 0. The van der Waals surface area contributed by atoms with Crippen LogP contribution in [-0.2, 0) is 9.98 Å². The van der Waals surface area contributed by atoms with Gasteiger partial charge in [0, 0.05) is 46.9 Å². The molecule has 2 aliphatic heterocycles. The Hall–Kier alpha value is -6.77. The quantitative estimate of drug-likeness (QED) is 0.160. The Labute approximate surface area is 344 Å². The van der Waals surface area contributed by atoms with E-state index in [0.717, 1.165) is 32.6 Å². The van der Waals surface area contributed by atoms with Crippen molar-refractivity contribution in [2.24, 2.45) is 0 Å². The first kappa shape index (κ1) is 32.2. The van der Waals surface area contributed by atoms with Crippen LogP contribution in [0.25, 0.3) is 81.0 Å². The molecule has 4 heteroatoms. The van der Waals surface area contributed by atoms with E-state index in [9.17, 15) is 0 Å². The lowest BCUT2D eigenvalue weighted by molar-refractivity contribution is 0.593. The van der Waals surface area contributed by atoms with E-state index in [-0.39, 0.29) is 0 Å². The summed E-state index contributed by atoms with van der Waals surface area (Å²) in [5.41, 5.74) is 15.0. The summed E-state index contributed by atoms with van der Waals surface area (Å²) in [6.45, 7) is 0. The smallest absolute Gasteiger partial charge is 0.172 e.